The summed E-state index contributed by atoms with van der Waals surface area (Å²) in [5.74, 6) is -0.0162. The van der Waals surface area contributed by atoms with Gasteiger partial charge in [-0.15, -0.1) is 0 Å². The average molecular weight is 314 g/mol. The highest BCUT2D eigenvalue weighted by Gasteiger charge is 2.14. The highest BCUT2D eigenvalue weighted by atomic mass is 32.2. The van der Waals surface area contributed by atoms with Crippen molar-refractivity contribution in [1.82, 2.24) is 9.62 Å². The van der Waals surface area contributed by atoms with Crippen LogP contribution >= 0.6 is 0 Å². The third kappa shape index (κ3) is 4.91. The Labute approximate surface area is 125 Å². The van der Waals surface area contributed by atoms with Crippen molar-refractivity contribution in [2.24, 2.45) is 0 Å². The normalized spacial score (nSPS) is 11.2. The number of hydrogen-bond donors (Lipinski definition) is 3. The molecule has 1 rings (SSSR count). The second kappa shape index (κ2) is 7.28. The van der Waals surface area contributed by atoms with Crippen molar-refractivity contribution < 1.29 is 13.2 Å². The number of carbonyl (C=O) groups excluding carboxylic acids is 1. The molecule has 1 aromatic carbocycles. The Morgan fingerprint density at radius 3 is 2.57 bits per heavy atom. The zero-order valence-electron chi connectivity index (χ0n) is 12.5. The molecule has 0 fully saturated rings. The van der Waals surface area contributed by atoms with Crippen LogP contribution in [0.4, 0.5) is 11.4 Å². The summed E-state index contributed by atoms with van der Waals surface area (Å²) in [4.78, 5) is 13.1. The maximum atomic E-state index is 11.9. The minimum atomic E-state index is -3.53. The van der Waals surface area contributed by atoms with Gasteiger partial charge in [0.2, 0.25) is 15.9 Å². The molecule has 7 nitrogen and oxygen atoms in total. The van der Waals surface area contributed by atoms with Gasteiger partial charge in [0.1, 0.15) is 0 Å². The molecule has 0 aliphatic heterocycles. The van der Waals surface area contributed by atoms with Crippen LogP contribution in [0.5, 0.6) is 0 Å². The fourth-order valence-corrected chi connectivity index (χ4v) is 2.72. The first-order chi connectivity index (χ1) is 9.77. The number of carbonyl (C=O) groups is 1. The quantitative estimate of drug-likeness (QED) is 0.634. The number of sulfonamides is 1. The van der Waals surface area contributed by atoms with E-state index >= 15 is 0 Å². The van der Waals surface area contributed by atoms with E-state index in [1.54, 1.807) is 21.0 Å². The minimum Gasteiger partial charge on any atom is -0.397 e. The van der Waals surface area contributed by atoms with E-state index in [4.69, 9.17) is 5.73 Å². The molecule has 4 N–H and O–H groups in total. The predicted molar refractivity (Wildman–Crippen MR) is 83.5 cm³/mol. The second-order valence-electron chi connectivity index (χ2n) is 4.72. The van der Waals surface area contributed by atoms with E-state index in [-0.39, 0.29) is 10.8 Å². The third-order valence-electron chi connectivity index (χ3n) is 2.82. The Morgan fingerprint density at radius 1 is 1.33 bits per heavy atom. The van der Waals surface area contributed by atoms with Crippen LogP contribution in [0.2, 0.25) is 0 Å². The Morgan fingerprint density at radius 2 is 2.00 bits per heavy atom. The lowest BCUT2D eigenvalue weighted by Crippen LogP contribution is -2.24. The fourth-order valence-electron chi connectivity index (χ4n) is 1.66. The first-order valence-electron chi connectivity index (χ1n) is 6.61. The third-order valence-corrected chi connectivity index (χ3v) is 4.37. The van der Waals surface area contributed by atoms with Crippen LogP contribution < -0.4 is 15.8 Å². The average Bonchev–Trinajstić information content (AvgIpc) is 2.40. The molecule has 0 aliphatic carbocycles. The Kier molecular flexibility index (Phi) is 5.98. The van der Waals surface area contributed by atoms with Crippen LogP contribution in [0.25, 0.3) is 0 Å². The lowest BCUT2D eigenvalue weighted by Gasteiger charge is -2.13. The molecule has 118 valence electrons. The van der Waals surface area contributed by atoms with Crippen LogP contribution in [0.15, 0.2) is 23.1 Å². The SMILES string of the molecule is CCNS(=O)(=O)c1ccc(N)c(NCCC(=O)N(C)C)c1. The number of rotatable bonds is 7. The van der Waals surface area contributed by atoms with Gasteiger partial charge in [-0.05, 0) is 18.2 Å². The topological polar surface area (TPSA) is 105 Å². The monoisotopic (exact) mass is 314 g/mol. The van der Waals surface area contributed by atoms with E-state index in [0.29, 0.717) is 30.9 Å². The first kappa shape index (κ1) is 17.3. The van der Waals surface area contributed by atoms with Crippen LogP contribution in [-0.4, -0.2) is 46.4 Å². The van der Waals surface area contributed by atoms with Crippen LogP contribution in [-0.2, 0) is 14.8 Å². The van der Waals surface area contributed by atoms with Gasteiger partial charge in [0.05, 0.1) is 16.3 Å². The largest absolute Gasteiger partial charge is 0.397 e. The molecule has 0 unspecified atom stereocenters. The smallest absolute Gasteiger partial charge is 0.240 e. The Balaban J connectivity index is 2.82. The van der Waals surface area contributed by atoms with Crippen molar-refractivity contribution in [1.29, 1.82) is 0 Å². The Hall–Kier alpha value is -1.80. The number of anilines is 2. The lowest BCUT2D eigenvalue weighted by atomic mass is 10.2. The molecule has 8 heteroatoms. The minimum absolute atomic E-state index is 0.0162. The molecule has 0 aliphatic rings. The zero-order chi connectivity index (χ0) is 16.0. The van der Waals surface area contributed by atoms with Crippen LogP contribution in [0.3, 0.4) is 0 Å². The van der Waals surface area contributed by atoms with Crippen molar-refractivity contribution in [3.63, 3.8) is 0 Å². The summed E-state index contributed by atoms with van der Waals surface area (Å²) >= 11 is 0. The highest BCUT2D eigenvalue weighted by molar-refractivity contribution is 7.89. The number of nitrogens with one attached hydrogen (secondary N) is 2. The summed E-state index contributed by atoms with van der Waals surface area (Å²) in [6.45, 7) is 2.40. The fraction of sp³-hybridized carbons (Fsp3) is 0.462. The predicted octanol–water partition coefficient (Wildman–Crippen LogP) is 0.457. The molecule has 0 aromatic heterocycles. The summed E-state index contributed by atoms with van der Waals surface area (Å²) < 4.78 is 26.3. The number of nitrogens with zero attached hydrogens (tertiary/aromatic N) is 1. The van der Waals surface area contributed by atoms with Gasteiger partial charge in [-0.3, -0.25) is 4.79 Å². The summed E-state index contributed by atoms with van der Waals surface area (Å²) in [6, 6.07) is 4.44. The molecule has 0 radical (unpaired) electrons. The van der Waals surface area contributed by atoms with Gasteiger partial charge in [0.15, 0.2) is 0 Å². The van der Waals surface area contributed by atoms with Crippen LogP contribution in [0.1, 0.15) is 13.3 Å². The first-order valence-corrected chi connectivity index (χ1v) is 8.09. The molecule has 0 saturated heterocycles. The standard InChI is InChI=1S/C13H22N4O3S/c1-4-16-21(19,20)10-5-6-11(14)12(9-10)15-8-7-13(18)17(2)3/h5-6,9,15-16H,4,7-8,14H2,1-3H3. The summed E-state index contributed by atoms with van der Waals surface area (Å²) in [5.41, 5.74) is 6.74. The number of nitrogen functional groups attached to an aromatic ring is 1. The molecule has 1 amide bonds. The lowest BCUT2D eigenvalue weighted by molar-refractivity contribution is -0.128. The van der Waals surface area contributed by atoms with E-state index in [2.05, 4.69) is 10.0 Å². The second-order valence-corrected chi connectivity index (χ2v) is 6.48. The molecule has 0 saturated carbocycles. The summed E-state index contributed by atoms with van der Waals surface area (Å²) in [5, 5.41) is 2.99. The van der Waals surface area contributed by atoms with Crippen molar-refractivity contribution in [2.75, 3.05) is 38.2 Å². The van der Waals surface area contributed by atoms with Crippen molar-refractivity contribution >= 4 is 27.3 Å². The maximum Gasteiger partial charge on any atom is 0.240 e. The molecule has 0 bridgehead atoms. The van der Waals surface area contributed by atoms with Gasteiger partial charge in [0, 0.05) is 33.6 Å². The molecule has 0 heterocycles. The van der Waals surface area contributed by atoms with E-state index in [1.165, 1.54) is 23.1 Å². The molecule has 1 aromatic rings. The van der Waals surface area contributed by atoms with Crippen molar-refractivity contribution in [3.8, 4) is 0 Å². The van der Waals surface area contributed by atoms with E-state index in [0.717, 1.165) is 0 Å². The summed E-state index contributed by atoms with van der Waals surface area (Å²) in [6.07, 6.45) is 0.302. The number of nitrogens with two attached hydrogens (primary N) is 1. The molecule has 21 heavy (non-hydrogen) atoms. The van der Waals surface area contributed by atoms with Gasteiger partial charge in [0.25, 0.3) is 0 Å². The molecular weight excluding hydrogens is 292 g/mol. The van der Waals surface area contributed by atoms with Crippen molar-refractivity contribution in [2.45, 2.75) is 18.2 Å². The Bertz CT molecular complexity index is 599. The van der Waals surface area contributed by atoms with Gasteiger partial charge in [-0.25, -0.2) is 13.1 Å². The van der Waals surface area contributed by atoms with Gasteiger partial charge in [-0.2, -0.15) is 0 Å². The van der Waals surface area contributed by atoms with Gasteiger partial charge >= 0.3 is 0 Å². The van der Waals surface area contributed by atoms with Gasteiger partial charge in [-0.1, -0.05) is 6.92 Å². The van der Waals surface area contributed by atoms with E-state index < -0.39 is 10.0 Å². The number of benzene rings is 1. The zero-order valence-corrected chi connectivity index (χ0v) is 13.3. The van der Waals surface area contributed by atoms with Crippen LogP contribution in [0, 0.1) is 0 Å². The van der Waals surface area contributed by atoms with E-state index in [9.17, 15) is 13.2 Å². The highest BCUT2D eigenvalue weighted by Crippen LogP contribution is 2.22. The molecular formula is C13H22N4O3S. The molecule has 0 atom stereocenters. The van der Waals surface area contributed by atoms with E-state index in [1.807, 2.05) is 0 Å². The summed E-state index contributed by atoms with van der Waals surface area (Å²) in [7, 11) is -0.163. The number of hydrogen-bond acceptors (Lipinski definition) is 5. The number of amides is 1. The van der Waals surface area contributed by atoms with Crippen molar-refractivity contribution in [3.05, 3.63) is 18.2 Å². The van der Waals surface area contributed by atoms with Gasteiger partial charge < -0.3 is 16.0 Å². The maximum absolute atomic E-state index is 11.9. The molecule has 0 spiro atoms.